The fourth-order valence-electron chi connectivity index (χ4n) is 2.45. The first kappa shape index (κ1) is 13.8. The van der Waals surface area contributed by atoms with E-state index in [1.807, 2.05) is 24.3 Å². The molecule has 0 saturated heterocycles. The molecule has 1 aliphatic heterocycles. The fourth-order valence-corrected chi connectivity index (χ4v) is 2.45. The van der Waals surface area contributed by atoms with Gasteiger partial charge in [-0.15, -0.1) is 0 Å². The van der Waals surface area contributed by atoms with Crippen molar-refractivity contribution >= 4 is 5.69 Å². The van der Waals surface area contributed by atoms with Crippen molar-refractivity contribution in [2.24, 2.45) is 0 Å². The normalized spacial score (nSPS) is 17.8. The van der Waals surface area contributed by atoms with E-state index in [1.165, 1.54) is 12.1 Å². The van der Waals surface area contributed by atoms with Crippen LogP contribution in [0.4, 0.5) is 18.9 Å². The first-order chi connectivity index (χ1) is 10.0. The van der Waals surface area contributed by atoms with Gasteiger partial charge in [0.05, 0.1) is 18.2 Å². The highest BCUT2D eigenvalue weighted by molar-refractivity contribution is 5.49. The SMILES string of the molecule is FC(F)(F)c1ccc(NC2CCOc3ccccc32)cc1. The third kappa shape index (κ3) is 2.96. The molecule has 0 aromatic heterocycles. The van der Waals surface area contributed by atoms with Crippen LogP contribution in [0.15, 0.2) is 48.5 Å². The zero-order valence-electron chi connectivity index (χ0n) is 11.2. The molecule has 1 heterocycles. The van der Waals surface area contributed by atoms with Gasteiger partial charge in [0.2, 0.25) is 0 Å². The van der Waals surface area contributed by atoms with E-state index in [0.29, 0.717) is 12.3 Å². The number of rotatable bonds is 2. The molecule has 110 valence electrons. The van der Waals surface area contributed by atoms with Gasteiger partial charge in [-0.1, -0.05) is 18.2 Å². The molecule has 0 amide bonds. The predicted molar refractivity (Wildman–Crippen MR) is 74.4 cm³/mol. The molecule has 0 fully saturated rings. The fraction of sp³-hybridized carbons (Fsp3) is 0.250. The summed E-state index contributed by atoms with van der Waals surface area (Å²) in [5.74, 6) is 0.827. The lowest BCUT2D eigenvalue weighted by molar-refractivity contribution is -0.137. The minimum atomic E-state index is -4.30. The summed E-state index contributed by atoms with van der Waals surface area (Å²) in [6.07, 6.45) is -3.53. The molecule has 0 spiro atoms. The number of ether oxygens (including phenoxy) is 1. The van der Waals surface area contributed by atoms with Crippen LogP contribution in [-0.2, 0) is 6.18 Å². The van der Waals surface area contributed by atoms with E-state index in [0.717, 1.165) is 29.9 Å². The number of nitrogens with one attached hydrogen (secondary N) is 1. The Bertz CT molecular complexity index is 622. The Labute approximate surface area is 120 Å². The highest BCUT2D eigenvalue weighted by Gasteiger charge is 2.30. The van der Waals surface area contributed by atoms with Gasteiger partial charge in [0, 0.05) is 17.7 Å². The van der Waals surface area contributed by atoms with E-state index >= 15 is 0 Å². The zero-order valence-corrected chi connectivity index (χ0v) is 11.2. The summed E-state index contributed by atoms with van der Waals surface area (Å²) in [5, 5.41) is 3.27. The summed E-state index contributed by atoms with van der Waals surface area (Å²) in [5.41, 5.74) is 1.06. The van der Waals surface area contributed by atoms with Crippen molar-refractivity contribution in [1.29, 1.82) is 0 Å². The average molecular weight is 293 g/mol. The van der Waals surface area contributed by atoms with E-state index in [1.54, 1.807) is 0 Å². The molecular weight excluding hydrogens is 279 g/mol. The minimum Gasteiger partial charge on any atom is -0.493 e. The molecule has 2 nitrogen and oxygen atoms in total. The van der Waals surface area contributed by atoms with Gasteiger partial charge in [-0.25, -0.2) is 0 Å². The number of hydrogen-bond acceptors (Lipinski definition) is 2. The lowest BCUT2D eigenvalue weighted by Crippen LogP contribution is -2.20. The van der Waals surface area contributed by atoms with Gasteiger partial charge in [-0.05, 0) is 30.3 Å². The van der Waals surface area contributed by atoms with Crippen LogP contribution in [0, 0.1) is 0 Å². The molecule has 1 N–H and O–H groups in total. The van der Waals surface area contributed by atoms with Crippen molar-refractivity contribution < 1.29 is 17.9 Å². The van der Waals surface area contributed by atoms with Gasteiger partial charge in [0.1, 0.15) is 5.75 Å². The minimum absolute atomic E-state index is 0.0479. The van der Waals surface area contributed by atoms with Crippen molar-refractivity contribution in [1.82, 2.24) is 0 Å². The average Bonchev–Trinajstić information content (AvgIpc) is 2.47. The van der Waals surface area contributed by atoms with Crippen LogP contribution in [0.2, 0.25) is 0 Å². The van der Waals surface area contributed by atoms with Crippen molar-refractivity contribution in [3.05, 3.63) is 59.7 Å². The first-order valence-corrected chi connectivity index (χ1v) is 6.69. The first-order valence-electron chi connectivity index (χ1n) is 6.69. The van der Waals surface area contributed by atoms with Gasteiger partial charge in [-0.3, -0.25) is 0 Å². The van der Waals surface area contributed by atoms with Gasteiger partial charge in [0.25, 0.3) is 0 Å². The van der Waals surface area contributed by atoms with E-state index < -0.39 is 11.7 Å². The van der Waals surface area contributed by atoms with Crippen LogP contribution < -0.4 is 10.1 Å². The topological polar surface area (TPSA) is 21.3 Å². The second-order valence-electron chi connectivity index (χ2n) is 4.95. The molecule has 2 aromatic carbocycles. The summed E-state index contributed by atoms with van der Waals surface area (Å²) in [6.45, 7) is 0.593. The van der Waals surface area contributed by atoms with Crippen molar-refractivity contribution in [3.63, 3.8) is 0 Å². The highest BCUT2D eigenvalue weighted by atomic mass is 19.4. The highest BCUT2D eigenvalue weighted by Crippen LogP contribution is 2.35. The maximum absolute atomic E-state index is 12.5. The van der Waals surface area contributed by atoms with Crippen molar-refractivity contribution in [3.8, 4) is 5.75 Å². The van der Waals surface area contributed by atoms with Crippen LogP contribution in [0.25, 0.3) is 0 Å². The number of hydrogen-bond donors (Lipinski definition) is 1. The molecule has 2 aromatic rings. The number of anilines is 1. The molecule has 1 aliphatic rings. The monoisotopic (exact) mass is 293 g/mol. The second kappa shape index (κ2) is 5.31. The van der Waals surface area contributed by atoms with Crippen LogP contribution in [0.1, 0.15) is 23.6 Å². The number of alkyl halides is 3. The Kier molecular flexibility index (Phi) is 3.49. The molecule has 0 bridgehead atoms. The van der Waals surface area contributed by atoms with Crippen molar-refractivity contribution in [2.45, 2.75) is 18.6 Å². The third-order valence-corrected chi connectivity index (χ3v) is 3.51. The Balaban J connectivity index is 1.79. The van der Waals surface area contributed by atoms with Crippen LogP contribution in [0.3, 0.4) is 0 Å². The predicted octanol–water partition coefficient (Wildman–Crippen LogP) is 4.64. The summed E-state index contributed by atoms with van der Waals surface area (Å²) >= 11 is 0. The summed E-state index contributed by atoms with van der Waals surface area (Å²) < 4.78 is 43.2. The molecule has 3 rings (SSSR count). The van der Waals surface area contributed by atoms with Gasteiger partial charge < -0.3 is 10.1 Å². The maximum Gasteiger partial charge on any atom is 0.416 e. The molecule has 21 heavy (non-hydrogen) atoms. The molecule has 0 saturated carbocycles. The van der Waals surface area contributed by atoms with Gasteiger partial charge in [-0.2, -0.15) is 13.2 Å². The Morgan fingerprint density at radius 2 is 1.71 bits per heavy atom. The molecule has 1 unspecified atom stereocenters. The molecule has 0 radical (unpaired) electrons. The molecule has 1 atom stereocenters. The summed E-state index contributed by atoms with van der Waals surface area (Å²) in [7, 11) is 0. The van der Waals surface area contributed by atoms with Crippen LogP contribution >= 0.6 is 0 Å². The van der Waals surface area contributed by atoms with Crippen LogP contribution in [-0.4, -0.2) is 6.61 Å². The third-order valence-electron chi connectivity index (χ3n) is 3.51. The number of benzene rings is 2. The summed E-state index contributed by atoms with van der Waals surface area (Å²) in [4.78, 5) is 0. The quantitative estimate of drug-likeness (QED) is 0.871. The van der Waals surface area contributed by atoms with E-state index in [9.17, 15) is 13.2 Å². The lowest BCUT2D eigenvalue weighted by atomic mass is 10.00. The summed E-state index contributed by atoms with van der Waals surface area (Å²) in [6, 6.07) is 12.8. The van der Waals surface area contributed by atoms with Crippen molar-refractivity contribution in [2.75, 3.05) is 11.9 Å². The number of halogens is 3. The Hall–Kier alpha value is -2.17. The van der Waals surface area contributed by atoms with E-state index in [2.05, 4.69) is 5.32 Å². The Morgan fingerprint density at radius 3 is 2.43 bits per heavy atom. The van der Waals surface area contributed by atoms with E-state index in [4.69, 9.17) is 4.74 Å². The zero-order chi connectivity index (χ0) is 14.9. The second-order valence-corrected chi connectivity index (χ2v) is 4.95. The molecule has 5 heteroatoms. The van der Waals surface area contributed by atoms with Gasteiger partial charge >= 0.3 is 6.18 Å². The molecular formula is C16H14F3NO. The standard InChI is InChI=1S/C16H14F3NO/c17-16(18,19)11-5-7-12(8-6-11)20-14-9-10-21-15-4-2-1-3-13(14)15/h1-8,14,20H,9-10H2. The Morgan fingerprint density at radius 1 is 1.00 bits per heavy atom. The lowest BCUT2D eigenvalue weighted by Gasteiger charge is -2.27. The smallest absolute Gasteiger partial charge is 0.416 e. The maximum atomic E-state index is 12.5. The van der Waals surface area contributed by atoms with E-state index in [-0.39, 0.29) is 6.04 Å². The largest absolute Gasteiger partial charge is 0.493 e. The molecule has 0 aliphatic carbocycles. The number of fused-ring (bicyclic) bond motifs is 1. The van der Waals surface area contributed by atoms with Gasteiger partial charge in [0.15, 0.2) is 0 Å². The van der Waals surface area contributed by atoms with Crippen LogP contribution in [0.5, 0.6) is 5.75 Å². The number of para-hydroxylation sites is 1.